The quantitative estimate of drug-likeness (QED) is 0.408. The van der Waals surface area contributed by atoms with E-state index in [1.54, 1.807) is 21.0 Å². The normalized spacial score (nSPS) is 23.5. The second kappa shape index (κ2) is 11.1. The largest absolute Gasteiger partial charge is 0.393 e. The topological polar surface area (TPSA) is 117 Å². The van der Waals surface area contributed by atoms with Crippen molar-refractivity contribution < 1.29 is 19.7 Å². The first-order chi connectivity index (χ1) is 18.2. The van der Waals surface area contributed by atoms with Gasteiger partial charge in [-0.05, 0) is 70.2 Å². The molecule has 0 amide bonds. The van der Waals surface area contributed by atoms with Crippen LogP contribution in [-0.4, -0.2) is 87.1 Å². The first-order valence-corrected chi connectivity index (χ1v) is 13.6. The lowest BCUT2D eigenvalue weighted by Crippen LogP contribution is -2.52. The number of hydrogen-bond acceptors (Lipinski definition) is 9. The Morgan fingerprint density at radius 1 is 1.21 bits per heavy atom. The van der Waals surface area contributed by atoms with Crippen LogP contribution in [0.1, 0.15) is 58.1 Å². The van der Waals surface area contributed by atoms with Gasteiger partial charge in [0.15, 0.2) is 0 Å². The molecule has 1 aliphatic carbocycles. The van der Waals surface area contributed by atoms with Crippen molar-refractivity contribution in [3.05, 3.63) is 36.3 Å². The maximum Gasteiger partial charge on any atom is 0.241 e. The van der Waals surface area contributed by atoms with E-state index in [1.165, 1.54) is 0 Å². The van der Waals surface area contributed by atoms with Crippen molar-refractivity contribution in [1.82, 2.24) is 19.6 Å². The zero-order valence-corrected chi connectivity index (χ0v) is 22.8. The number of ether oxygens (including phenoxy) is 2. The van der Waals surface area contributed by atoms with E-state index in [0.717, 1.165) is 53.8 Å². The summed E-state index contributed by atoms with van der Waals surface area (Å²) in [5, 5.41) is 28.8. The van der Waals surface area contributed by atoms with Crippen LogP contribution >= 0.6 is 0 Å². The highest BCUT2D eigenvalue weighted by atomic mass is 16.5. The Kier molecular flexibility index (Phi) is 7.85. The average Bonchev–Trinajstić information content (AvgIpc) is 3.28. The molecule has 1 saturated carbocycles. The molecule has 10 heteroatoms. The number of anilines is 2. The molecule has 206 valence electrons. The highest BCUT2D eigenvalue weighted by Gasteiger charge is 2.33. The number of fused-ring (bicyclic) bond motifs is 1. The number of aliphatic hydroxyl groups excluding tert-OH is 1. The molecule has 0 bridgehead atoms. The summed E-state index contributed by atoms with van der Waals surface area (Å²) in [5.74, 6) is 1.73. The number of morpholine rings is 1. The van der Waals surface area contributed by atoms with Crippen LogP contribution in [0.4, 0.5) is 11.8 Å². The molecule has 0 spiro atoms. The molecule has 2 atom stereocenters. The fourth-order valence-electron chi connectivity index (χ4n) is 5.53. The zero-order chi connectivity index (χ0) is 26.9. The summed E-state index contributed by atoms with van der Waals surface area (Å²) in [4.78, 5) is 11.5. The smallest absolute Gasteiger partial charge is 0.241 e. The Morgan fingerprint density at radius 3 is 2.74 bits per heavy atom. The van der Waals surface area contributed by atoms with Crippen molar-refractivity contribution in [2.75, 3.05) is 43.6 Å². The van der Waals surface area contributed by atoms with E-state index in [4.69, 9.17) is 14.6 Å². The van der Waals surface area contributed by atoms with E-state index in [0.29, 0.717) is 38.2 Å². The molecule has 0 unspecified atom stereocenters. The SMILES string of the molecule is COC[C@H](C)Nc1ncc2c(-c3ccnc(N4CCO[C@H](C(C)(C)O)C4)c3)cc(C3CCC(O)CC3)n2n1. The van der Waals surface area contributed by atoms with Crippen molar-refractivity contribution in [2.24, 2.45) is 0 Å². The van der Waals surface area contributed by atoms with Crippen LogP contribution in [-0.2, 0) is 9.47 Å². The molecule has 5 rings (SSSR count). The Bertz CT molecular complexity index is 1230. The summed E-state index contributed by atoms with van der Waals surface area (Å²) in [7, 11) is 1.68. The van der Waals surface area contributed by atoms with Crippen molar-refractivity contribution in [3.63, 3.8) is 0 Å². The lowest BCUT2D eigenvalue weighted by molar-refractivity contribution is -0.0929. The Labute approximate surface area is 224 Å². The van der Waals surface area contributed by atoms with Gasteiger partial charge in [0.1, 0.15) is 11.9 Å². The number of pyridine rings is 1. The van der Waals surface area contributed by atoms with Gasteiger partial charge in [-0.1, -0.05) is 0 Å². The minimum absolute atomic E-state index is 0.0739. The van der Waals surface area contributed by atoms with Gasteiger partial charge in [-0.25, -0.2) is 14.5 Å². The number of methoxy groups -OCH3 is 1. The molecule has 1 aliphatic heterocycles. The lowest BCUT2D eigenvalue weighted by Gasteiger charge is -2.39. The highest BCUT2D eigenvalue weighted by Crippen LogP contribution is 2.38. The zero-order valence-electron chi connectivity index (χ0n) is 22.8. The van der Waals surface area contributed by atoms with Gasteiger partial charge in [0.25, 0.3) is 0 Å². The van der Waals surface area contributed by atoms with Gasteiger partial charge in [-0.3, -0.25) is 0 Å². The molecule has 0 aromatic carbocycles. The van der Waals surface area contributed by atoms with Crippen LogP contribution in [0.5, 0.6) is 0 Å². The van der Waals surface area contributed by atoms with Crippen LogP contribution in [0.25, 0.3) is 16.6 Å². The van der Waals surface area contributed by atoms with Gasteiger partial charge in [-0.2, -0.15) is 0 Å². The van der Waals surface area contributed by atoms with Gasteiger partial charge < -0.3 is 29.9 Å². The monoisotopic (exact) mass is 524 g/mol. The third kappa shape index (κ3) is 5.78. The van der Waals surface area contributed by atoms with Crippen LogP contribution in [0.15, 0.2) is 30.6 Å². The molecule has 38 heavy (non-hydrogen) atoms. The minimum atomic E-state index is -0.929. The van der Waals surface area contributed by atoms with E-state index < -0.39 is 5.60 Å². The minimum Gasteiger partial charge on any atom is -0.393 e. The molecule has 0 radical (unpaired) electrons. The van der Waals surface area contributed by atoms with E-state index in [1.807, 2.05) is 29.9 Å². The van der Waals surface area contributed by atoms with Gasteiger partial charge in [-0.15, -0.1) is 5.10 Å². The van der Waals surface area contributed by atoms with E-state index in [2.05, 4.69) is 32.3 Å². The lowest BCUT2D eigenvalue weighted by atomic mass is 9.85. The van der Waals surface area contributed by atoms with Crippen molar-refractivity contribution >= 4 is 17.3 Å². The number of hydrogen-bond donors (Lipinski definition) is 3. The molecule has 3 aromatic rings. The fourth-order valence-corrected chi connectivity index (χ4v) is 5.53. The summed E-state index contributed by atoms with van der Waals surface area (Å²) in [6.07, 6.45) is 6.65. The summed E-state index contributed by atoms with van der Waals surface area (Å²) in [6.45, 7) is 7.98. The van der Waals surface area contributed by atoms with Crippen molar-refractivity contribution in [1.29, 1.82) is 0 Å². The Morgan fingerprint density at radius 2 is 2.00 bits per heavy atom. The molecule has 2 aliphatic rings. The second-order valence-corrected chi connectivity index (χ2v) is 11.2. The van der Waals surface area contributed by atoms with Crippen LogP contribution in [0.2, 0.25) is 0 Å². The van der Waals surface area contributed by atoms with E-state index in [9.17, 15) is 10.2 Å². The van der Waals surface area contributed by atoms with Gasteiger partial charge in [0, 0.05) is 49.6 Å². The standard InChI is InChI=1S/C28H40N6O4/c1-18(17-37-4)31-27-30-15-24-22(14-23(34(24)32-27)19-5-7-21(35)8-6-19)20-9-10-29-26(13-20)33-11-12-38-25(16-33)28(2,3)36/h9-10,13-15,18-19,21,25,35-36H,5-8,11-12,16-17H2,1-4H3,(H,31,32)/t18-,19?,21?,25-/m0/s1. The van der Waals surface area contributed by atoms with Crippen LogP contribution < -0.4 is 10.2 Å². The average molecular weight is 525 g/mol. The summed E-state index contributed by atoms with van der Waals surface area (Å²) in [5.41, 5.74) is 3.24. The fraction of sp³-hybridized carbons (Fsp3) is 0.607. The van der Waals surface area contributed by atoms with Gasteiger partial charge in [0.2, 0.25) is 5.95 Å². The predicted octanol–water partition coefficient (Wildman–Crippen LogP) is 3.23. The van der Waals surface area contributed by atoms with E-state index >= 15 is 0 Å². The molecule has 3 aromatic heterocycles. The first kappa shape index (κ1) is 26.8. The predicted molar refractivity (Wildman–Crippen MR) is 147 cm³/mol. The molecule has 3 N–H and O–H groups in total. The van der Waals surface area contributed by atoms with Crippen LogP contribution in [0, 0.1) is 0 Å². The second-order valence-electron chi connectivity index (χ2n) is 11.2. The molecular formula is C28H40N6O4. The molecule has 4 heterocycles. The number of aliphatic hydroxyl groups is 2. The molecule has 1 saturated heterocycles. The van der Waals surface area contributed by atoms with E-state index in [-0.39, 0.29) is 18.2 Å². The molecule has 10 nitrogen and oxygen atoms in total. The Hall–Kier alpha value is -2.79. The Balaban J connectivity index is 1.51. The third-order valence-corrected chi connectivity index (χ3v) is 7.69. The van der Waals surface area contributed by atoms with Crippen molar-refractivity contribution in [3.8, 4) is 11.1 Å². The number of aromatic nitrogens is 4. The highest BCUT2D eigenvalue weighted by molar-refractivity contribution is 5.82. The molecular weight excluding hydrogens is 484 g/mol. The van der Waals surface area contributed by atoms with Gasteiger partial charge >= 0.3 is 0 Å². The number of rotatable bonds is 8. The molecule has 2 fully saturated rings. The summed E-state index contributed by atoms with van der Waals surface area (Å²) >= 11 is 0. The number of nitrogens with one attached hydrogen (secondary N) is 1. The maximum absolute atomic E-state index is 10.5. The third-order valence-electron chi connectivity index (χ3n) is 7.69. The maximum atomic E-state index is 10.5. The van der Waals surface area contributed by atoms with Gasteiger partial charge in [0.05, 0.1) is 36.6 Å². The summed E-state index contributed by atoms with van der Waals surface area (Å²) < 4.78 is 13.1. The first-order valence-electron chi connectivity index (χ1n) is 13.6. The van der Waals surface area contributed by atoms with Crippen LogP contribution in [0.3, 0.4) is 0 Å². The number of nitrogens with zero attached hydrogens (tertiary/aromatic N) is 5. The summed E-state index contributed by atoms with van der Waals surface area (Å²) in [6, 6.07) is 6.43. The van der Waals surface area contributed by atoms with Crippen molar-refractivity contribution in [2.45, 2.75) is 76.2 Å².